The second kappa shape index (κ2) is 12.3. The number of carbonyl (C=O) groups is 2. The molecule has 0 saturated carbocycles. The van der Waals surface area contributed by atoms with Gasteiger partial charge >= 0.3 is 5.97 Å². The van der Waals surface area contributed by atoms with E-state index in [0.717, 1.165) is 27.1 Å². The largest absolute Gasteiger partial charge is 0.478 e. The zero-order chi connectivity index (χ0) is 28.0. The second-order valence-corrected chi connectivity index (χ2v) is 10.6. The lowest BCUT2D eigenvalue weighted by Crippen LogP contribution is -2.36. The van der Waals surface area contributed by atoms with E-state index in [4.69, 9.17) is 15.2 Å². The zero-order valence-corrected chi connectivity index (χ0v) is 23.2. The van der Waals surface area contributed by atoms with Crippen molar-refractivity contribution in [2.24, 2.45) is 0 Å². The van der Waals surface area contributed by atoms with Crippen LogP contribution in [0.2, 0.25) is 0 Å². The number of nitrogens with zero attached hydrogens (tertiary/aromatic N) is 2. The first-order valence-corrected chi connectivity index (χ1v) is 12.6. The Morgan fingerprint density at radius 3 is 2.26 bits per heavy atom. The van der Waals surface area contributed by atoms with Crippen molar-refractivity contribution in [3.05, 3.63) is 93.7 Å². The zero-order valence-electron chi connectivity index (χ0n) is 21.6. The highest BCUT2D eigenvalue weighted by Crippen LogP contribution is 2.32. The molecule has 0 aliphatic carbocycles. The predicted molar refractivity (Wildman–Crippen MR) is 151 cm³/mol. The Morgan fingerprint density at radius 2 is 1.71 bits per heavy atom. The molecule has 0 atom stereocenters. The van der Waals surface area contributed by atoms with E-state index in [1.54, 1.807) is 13.0 Å². The smallest absolute Gasteiger partial charge is 0.335 e. The number of aliphatic hydroxyl groups is 1. The Morgan fingerprint density at radius 1 is 1.03 bits per heavy atom. The maximum Gasteiger partial charge on any atom is 0.335 e. The van der Waals surface area contributed by atoms with Crippen LogP contribution in [0.3, 0.4) is 0 Å². The monoisotopic (exact) mass is 582 g/mol. The number of anilines is 1. The summed E-state index contributed by atoms with van der Waals surface area (Å²) in [6.45, 7) is 2.91. The Kier molecular flexibility index (Phi) is 9.32. The van der Waals surface area contributed by atoms with Crippen LogP contribution in [-0.2, 0) is 0 Å². The Bertz CT molecular complexity index is 1470. The summed E-state index contributed by atoms with van der Waals surface area (Å²) in [5.41, 5.74) is 2.85. The molecule has 38 heavy (non-hydrogen) atoms. The molecule has 0 fully saturated rings. The fourth-order valence-electron chi connectivity index (χ4n) is 3.73. The molecular formula is C29H30BrFN3O4+. The summed E-state index contributed by atoms with van der Waals surface area (Å²) in [5, 5.41) is 20.6. The summed E-state index contributed by atoms with van der Waals surface area (Å²) in [7, 11) is 6.16. The number of quaternary nitrogens is 1. The van der Waals surface area contributed by atoms with E-state index in [1.807, 2.05) is 42.5 Å². The average molecular weight is 583 g/mol. The van der Waals surface area contributed by atoms with Gasteiger partial charge in [0.15, 0.2) is 0 Å². The minimum absolute atomic E-state index is 0.101. The molecular weight excluding hydrogens is 553 g/mol. The van der Waals surface area contributed by atoms with Crippen LogP contribution in [0.5, 0.6) is 0 Å². The number of halogens is 2. The average Bonchev–Trinajstić information content (AvgIpc) is 2.85. The van der Waals surface area contributed by atoms with E-state index in [1.165, 1.54) is 12.1 Å². The van der Waals surface area contributed by atoms with Gasteiger partial charge in [-0.25, -0.2) is 14.2 Å². The molecule has 4 rings (SSSR count). The normalized spacial score (nSPS) is 11.0. The van der Waals surface area contributed by atoms with E-state index < -0.39 is 17.7 Å². The molecule has 4 aromatic rings. The number of benzene rings is 3. The number of amides is 1. The highest BCUT2D eigenvalue weighted by Gasteiger charge is 2.21. The van der Waals surface area contributed by atoms with Gasteiger partial charge in [0.25, 0.3) is 5.91 Å². The van der Waals surface area contributed by atoms with Gasteiger partial charge in [0, 0.05) is 15.4 Å². The van der Waals surface area contributed by atoms with Crippen LogP contribution in [0.25, 0.3) is 22.2 Å². The van der Waals surface area contributed by atoms with Crippen LogP contribution in [0.15, 0.2) is 71.2 Å². The van der Waals surface area contributed by atoms with Crippen molar-refractivity contribution < 1.29 is 28.7 Å². The molecule has 7 nitrogen and oxygen atoms in total. The lowest BCUT2D eigenvalue weighted by atomic mass is 9.97. The number of likely N-dealkylation sites (N-methyl/N-ethyl adjacent to an activating group) is 1. The molecule has 3 aromatic carbocycles. The number of rotatable bonds is 6. The van der Waals surface area contributed by atoms with Gasteiger partial charge in [0.1, 0.15) is 12.4 Å². The summed E-state index contributed by atoms with van der Waals surface area (Å²) >= 11 is 3.43. The quantitative estimate of drug-likeness (QED) is 0.251. The number of carboxylic acid groups (broad SMARTS) is 1. The van der Waals surface area contributed by atoms with Crippen LogP contribution in [-0.4, -0.2) is 65.9 Å². The third kappa shape index (κ3) is 7.22. The van der Waals surface area contributed by atoms with Crippen LogP contribution in [0, 0.1) is 12.7 Å². The van der Waals surface area contributed by atoms with Crippen molar-refractivity contribution >= 4 is 44.4 Å². The van der Waals surface area contributed by atoms with Crippen LogP contribution in [0.1, 0.15) is 26.3 Å². The molecule has 0 radical (unpaired) electrons. The molecule has 3 N–H and O–H groups in total. The van der Waals surface area contributed by atoms with Crippen molar-refractivity contribution in [3.63, 3.8) is 0 Å². The van der Waals surface area contributed by atoms with Gasteiger partial charge in [0.2, 0.25) is 0 Å². The number of fused-ring (bicyclic) bond motifs is 1. The maximum atomic E-state index is 14.4. The number of pyridine rings is 1. The van der Waals surface area contributed by atoms with Gasteiger partial charge in [-0.1, -0.05) is 46.3 Å². The highest BCUT2D eigenvalue weighted by molar-refractivity contribution is 9.10. The van der Waals surface area contributed by atoms with E-state index in [-0.39, 0.29) is 17.9 Å². The predicted octanol–water partition coefficient (Wildman–Crippen LogP) is 5.75. The molecule has 1 heterocycles. The molecule has 1 aromatic heterocycles. The van der Waals surface area contributed by atoms with Crippen molar-refractivity contribution in [1.82, 2.24) is 4.98 Å². The van der Waals surface area contributed by atoms with E-state index in [2.05, 4.69) is 42.4 Å². The molecule has 0 aliphatic rings. The third-order valence-electron chi connectivity index (χ3n) is 5.70. The summed E-state index contributed by atoms with van der Waals surface area (Å²) < 4.78 is 16.0. The first kappa shape index (κ1) is 28.9. The lowest BCUT2D eigenvalue weighted by molar-refractivity contribution is -0.870. The Hall–Kier alpha value is -3.66. The second-order valence-electron chi connectivity index (χ2n) is 9.68. The number of hydrogen-bond acceptors (Lipinski definition) is 4. The number of aliphatic hydroxyl groups excluding tert-OH is 1. The number of carboxylic acids is 1. The molecule has 1 amide bonds. The minimum atomic E-state index is -1.25. The molecule has 198 valence electrons. The standard InChI is InChI=1S/C24H16BrFN2O3.C5H14NO/c1-13-21(23(29)28-20-9-7-15(24(30)31)11-18(20)26)17-12-16(25)8-10-19(17)27-22(13)14-5-3-2-4-6-14;1-6(2,3)4-5-7/h2-12H,1H3,(H,28,29)(H,30,31);7H,4-5H2,1-3H3/q;+1. The summed E-state index contributed by atoms with van der Waals surface area (Å²) in [4.78, 5) is 29.1. The number of nitrogens with one attached hydrogen (secondary N) is 1. The van der Waals surface area contributed by atoms with Gasteiger partial charge in [-0.3, -0.25) is 4.79 Å². The first-order chi connectivity index (χ1) is 17.9. The summed E-state index contributed by atoms with van der Waals surface area (Å²) in [6, 6.07) is 18.3. The van der Waals surface area contributed by atoms with Crippen molar-refractivity contribution in [2.45, 2.75) is 6.92 Å². The van der Waals surface area contributed by atoms with Crippen molar-refractivity contribution in [1.29, 1.82) is 0 Å². The molecule has 0 spiro atoms. The topological polar surface area (TPSA) is 99.5 Å². The maximum absolute atomic E-state index is 14.4. The molecule has 0 aliphatic heterocycles. The lowest BCUT2D eigenvalue weighted by Gasteiger charge is -2.21. The van der Waals surface area contributed by atoms with Crippen LogP contribution >= 0.6 is 15.9 Å². The third-order valence-corrected chi connectivity index (χ3v) is 6.19. The highest BCUT2D eigenvalue weighted by atomic mass is 79.9. The van der Waals surface area contributed by atoms with Crippen LogP contribution in [0.4, 0.5) is 10.1 Å². The van der Waals surface area contributed by atoms with Gasteiger partial charge in [-0.2, -0.15) is 0 Å². The molecule has 0 bridgehead atoms. The molecule has 0 unspecified atom stereocenters. The Balaban J connectivity index is 0.000000505. The van der Waals surface area contributed by atoms with Crippen molar-refractivity contribution in [3.8, 4) is 11.3 Å². The van der Waals surface area contributed by atoms with Crippen LogP contribution < -0.4 is 5.32 Å². The fourth-order valence-corrected chi connectivity index (χ4v) is 4.10. The van der Waals surface area contributed by atoms with Gasteiger partial charge < -0.3 is 20.0 Å². The Labute approximate surface area is 229 Å². The molecule has 9 heteroatoms. The van der Waals surface area contributed by atoms with Gasteiger partial charge in [-0.05, 0) is 48.9 Å². The van der Waals surface area contributed by atoms with E-state index >= 15 is 0 Å². The van der Waals surface area contributed by atoms with E-state index in [9.17, 15) is 14.0 Å². The number of aromatic carboxylic acids is 1. The SMILES string of the molecule is C[N+](C)(C)CCO.Cc1c(-c2ccccc2)nc2ccc(Br)cc2c1C(=O)Nc1ccc(C(=O)O)cc1F. The number of hydrogen-bond donors (Lipinski definition) is 3. The molecule has 0 saturated heterocycles. The number of aromatic nitrogens is 1. The summed E-state index contributed by atoms with van der Waals surface area (Å²) in [6.07, 6.45) is 0. The van der Waals surface area contributed by atoms with E-state index in [0.29, 0.717) is 27.7 Å². The van der Waals surface area contributed by atoms with Gasteiger partial charge in [-0.15, -0.1) is 0 Å². The fraction of sp³-hybridized carbons (Fsp3) is 0.207. The van der Waals surface area contributed by atoms with Gasteiger partial charge in [0.05, 0.1) is 55.8 Å². The minimum Gasteiger partial charge on any atom is -0.478 e. The first-order valence-electron chi connectivity index (χ1n) is 11.8. The van der Waals surface area contributed by atoms with Crippen molar-refractivity contribution in [2.75, 3.05) is 39.6 Å². The summed E-state index contributed by atoms with van der Waals surface area (Å²) in [5.74, 6) is -2.58. The number of carbonyl (C=O) groups excluding carboxylic acids is 1.